The lowest BCUT2D eigenvalue weighted by molar-refractivity contribution is -0.137. The molecule has 2 heterocycles. The number of hydrogen-bond donors (Lipinski definition) is 1. The fourth-order valence-electron chi connectivity index (χ4n) is 4.76. The Bertz CT molecular complexity index is 1200. The van der Waals surface area contributed by atoms with Crippen LogP contribution in [0.3, 0.4) is 0 Å². The van der Waals surface area contributed by atoms with Crippen LogP contribution in [0.1, 0.15) is 60.0 Å². The van der Waals surface area contributed by atoms with Crippen molar-refractivity contribution in [3.8, 4) is 11.3 Å². The molecule has 1 aliphatic carbocycles. The van der Waals surface area contributed by atoms with Crippen molar-refractivity contribution in [2.75, 3.05) is 5.32 Å². The Morgan fingerprint density at radius 1 is 0.969 bits per heavy atom. The second-order valence-electron chi connectivity index (χ2n) is 8.36. The molecule has 0 bridgehead atoms. The van der Waals surface area contributed by atoms with E-state index in [0.717, 1.165) is 60.7 Å². The zero-order valence-corrected chi connectivity index (χ0v) is 17.8. The van der Waals surface area contributed by atoms with E-state index in [9.17, 15) is 13.2 Å². The van der Waals surface area contributed by atoms with Gasteiger partial charge < -0.3 is 5.32 Å². The summed E-state index contributed by atoms with van der Waals surface area (Å²) in [6.45, 7) is 2.10. The molecule has 3 aromatic rings. The summed E-state index contributed by atoms with van der Waals surface area (Å²) >= 11 is 0. The number of pyridine rings is 1. The van der Waals surface area contributed by atoms with Crippen LogP contribution in [0.25, 0.3) is 11.3 Å². The SMILES string of the molecule is CCC1N=C(Nc2nc(-c3ccccc3C(F)(F)F)cc3c2CCCC3)c2ccccc21. The summed E-state index contributed by atoms with van der Waals surface area (Å²) in [6, 6.07) is 15.7. The molecule has 1 atom stereocenters. The smallest absolute Gasteiger partial charge is 0.324 e. The van der Waals surface area contributed by atoms with Gasteiger partial charge in [-0.2, -0.15) is 13.2 Å². The zero-order chi connectivity index (χ0) is 22.3. The molecule has 32 heavy (non-hydrogen) atoms. The highest BCUT2D eigenvalue weighted by molar-refractivity contribution is 6.11. The lowest BCUT2D eigenvalue weighted by Gasteiger charge is -2.22. The summed E-state index contributed by atoms with van der Waals surface area (Å²) in [5, 5.41) is 3.42. The maximum absolute atomic E-state index is 13.7. The van der Waals surface area contributed by atoms with Gasteiger partial charge in [-0.15, -0.1) is 0 Å². The number of nitrogens with one attached hydrogen (secondary N) is 1. The Balaban J connectivity index is 1.62. The average Bonchev–Trinajstić information content (AvgIpc) is 3.16. The Morgan fingerprint density at radius 3 is 2.47 bits per heavy atom. The minimum absolute atomic E-state index is 0.0821. The third-order valence-electron chi connectivity index (χ3n) is 6.33. The van der Waals surface area contributed by atoms with Gasteiger partial charge in [0.25, 0.3) is 0 Å². The van der Waals surface area contributed by atoms with Crippen LogP contribution in [0.15, 0.2) is 59.6 Å². The van der Waals surface area contributed by atoms with Gasteiger partial charge in [0, 0.05) is 11.1 Å². The summed E-state index contributed by atoms with van der Waals surface area (Å²) in [4.78, 5) is 9.59. The van der Waals surface area contributed by atoms with E-state index in [-0.39, 0.29) is 11.6 Å². The van der Waals surface area contributed by atoms with Crippen LogP contribution in [-0.4, -0.2) is 10.8 Å². The van der Waals surface area contributed by atoms with Gasteiger partial charge >= 0.3 is 6.18 Å². The van der Waals surface area contributed by atoms with Crippen molar-refractivity contribution in [2.24, 2.45) is 4.99 Å². The molecule has 3 nitrogen and oxygen atoms in total. The third-order valence-corrected chi connectivity index (χ3v) is 6.33. The second kappa shape index (κ2) is 8.08. The van der Waals surface area contributed by atoms with Crippen LogP contribution in [0.2, 0.25) is 0 Å². The summed E-state index contributed by atoms with van der Waals surface area (Å²) in [6.07, 6.45) is 0.213. The van der Waals surface area contributed by atoms with Crippen molar-refractivity contribution in [3.63, 3.8) is 0 Å². The summed E-state index contributed by atoms with van der Waals surface area (Å²) in [5.41, 5.74) is 4.15. The normalized spacial score (nSPS) is 17.5. The number of hydrogen-bond acceptors (Lipinski definition) is 3. The topological polar surface area (TPSA) is 37.3 Å². The molecule has 1 aromatic heterocycles. The molecule has 0 spiro atoms. The summed E-state index contributed by atoms with van der Waals surface area (Å²) in [7, 11) is 0. The van der Waals surface area contributed by atoms with Crippen molar-refractivity contribution in [1.82, 2.24) is 4.98 Å². The highest BCUT2D eigenvalue weighted by atomic mass is 19.4. The zero-order valence-electron chi connectivity index (χ0n) is 17.8. The molecule has 2 aromatic carbocycles. The van der Waals surface area contributed by atoms with Gasteiger partial charge in [-0.1, -0.05) is 49.4 Å². The van der Waals surface area contributed by atoms with Crippen molar-refractivity contribution >= 4 is 11.7 Å². The highest BCUT2D eigenvalue weighted by Crippen LogP contribution is 2.39. The Labute approximate surface area is 185 Å². The molecule has 6 heteroatoms. The number of anilines is 1. The van der Waals surface area contributed by atoms with Gasteiger partial charge in [0.2, 0.25) is 0 Å². The van der Waals surface area contributed by atoms with E-state index in [1.807, 2.05) is 24.3 Å². The number of amidine groups is 1. The van der Waals surface area contributed by atoms with Crippen molar-refractivity contribution in [1.29, 1.82) is 0 Å². The molecule has 0 saturated carbocycles. The molecule has 2 aliphatic rings. The first-order valence-corrected chi connectivity index (χ1v) is 11.1. The fourth-order valence-corrected chi connectivity index (χ4v) is 4.76. The Kier molecular flexibility index (Phi) is 5.24. The van der Waals surface area contributed by atoms with E-state index in [1.165, 1.54) is 17.7 Å². The number of rotatable bonds is 3. The van der Waals surface area contributed by atoms with Crippen LogP contribution in [0.5, 0.6) is 0 Å². The first-order chi connectivity index (χ1) is 15.5. The highest BCUT2D eigenvalue weighted by Gasteiger charge is 2.34. The van der Waals surface area contributed by atoms with Gasteiger partial charge in [0.15, 0.2) is 0 Å². The average molecular weight is 435 g/mol. The lowest BCUT2D eigenvalue weighted by Crippen LogP contribution is -2.17. The van der Waals surface area contributed by atoms with E-state index in [4.69, 9.17) is 9.98 Å². The lowest BCUT2D eigenvalue weighted by atomic mass is 9.90. The van der Waals surface area contributed by atoms with E-state index in [0.29, 0.717) is 11.5 Å². The Morgan fingerprint density at radius 2 is 1.69 bits per heavy atom. The van der Waals surface area contributed by atoms with Crippen molar-refractivity contribution in [2.45, 2.75) is 51.2 Å². The molecule has 0 radical (unpaired) electrons. The third kappa shape index (κ3) is 3.68. The van der Waals surface area contributed by atoms with Crippen LogP contribution in [0, 0.1) is 0 Å². The first-order valence-electron chi connectivity index (χ1n) is 11.1. The van der Waals surface area contributed by atoms with Gasteiger partial charge in [-0.3, -0.25) is 4.99 Å². The summed E-state index contributed by atoms with van der Waals surface area (Å²) < 4.78 is 41.1. The van der Waals surface area contributed by atoms with Gasteiger partial charge in [-0.05, 0) is 60.9 Å². The number of aromatic nitrogens is 1. The van der Waals surface area contributed by atoms with E-state index < -0.39 is 11.7 Å². The standard InChI is InChI=1S/C26H24F3N3/c1-2-22-18-11-5-6-12-19(18)25(30-22)32-24-17-10-4-3-9-16(17)15-23(31-24)20-13-7-8-14-21(20)26(27,28)29/h5-8,11-15,22H,2-4,9-10H2,1H3,(H,30,31,32). The van der Waals surface area contributed by atoms with Crippen LogP contribution in [-0.2, 0) is 19.0 Å². The van der Waals surface area contributed by atoms with Gasteiger partial charge in [0.05, 0.1) is 17.3 Å². The molecule has 5 rings (SSSR count). The van der Waals surface area contributed by atoms with E-state index in [2.05, 4.69) is 18.3 Å². The molecule has 0 amide bonds. The molecule has 1 unspecified atom stereocenters. The predicted molar refractivity (Wildman–Crippen MR) is 121 cm³/mol. The number of aliphatic imine (C=N–C) groups is 1. The molecule has 1 aliphatic heterocycles. The molecule has 0 fully saturated rings. The molecular weight excluding hydrogens is 411 g/mol. The predicted octanol–water partition coefficient (Wildman–Crippen LogP) is 6.97. The minimum Gasteiger partial charge on any atom is -0.324 e. The molecule has 1 N–H and O–H groups in total. The number of nitrogens with zero attached hydrogens (tertiary/aromatic N) is 2. The minimum atomic E-state index is -4.44. The van der Waals surface area contributed by atoms with Crippen LogP contribution >= 0.6 is 0 Å². The maximum atomic E-state index is 13.7. The number of halogens is 3. The number of aryl methyl sites for hydroxylation is 1. The number of benzene rings is 2. The maximum Gasteiger partial charge on any atom is 0.417 e. The largest absolute Gasteiger partial charge is 0.417 e. The summed E-state index contributed by atoms with van der Waals surface area (Å²) in [5.74, 6) is 1.37. The molecular formula is C26H24F3N3. The number of alkyl halides is 3. The van der Waals surface area contributed by atoms with E-state index in [1.54, 1.807) is 6.07 Å². The van der Waals surface area contributed by atoms with Gasteiger partial charge in [0.1, 0.15) is 11.7 Å². The quantitative estimate of drug-likeness (QED) is 0.482. The molecule has 164 valence electrons. The van der Waals surface area contributed by atoms with Gasteiger partial charge in [-0.25, -0.2) is 4.98 Å². The monoisotopic (exact) mass is 435 g/mol. The fraction of sp³-hybridized carbons (Fsp3) is 0.308. The van der Waals surface area contributed by atoms with Crippen molar-refractivity contribution in [3.05, 3.63) is 82.4 Å². The van der Waals surface area contributed by atoms with E-state index >= 15 is 0 Å². The first kappa shape index (κ1) is 20.7. The van der Waals surface area contributed by atoms with Crippen LogP contribution < -0.4 is 5.32 Å². The Hall–Kier alpha value is -3.15. The second-order valence-corrected chi connectivity index (χ2v) is 8.36. The van der Waals surface area contributed by atoms with Crippen LogP contribution in [0.4, 0.5) is 19.0 Å². The van der Waals surface area contributed by atoms with Crippen molar-refractivity contribution < 1.29 is 13.2 Å². The molecule has 0 saturated heterocycles. The number of fused-ring (bicyclic) bond motifs is 2.